The van der Waals surface area contributed by atoms with Crippen LogP contribution in [0.2, 0.25) is 0 Å². The monoisotopic (exact) mass is 445 g/mol. The molecule has 0 aromatic heterocycles. The van der Waals surface area contributed by atoms with Crippen LogP contribution in [0.1, 0.15) is 21.5 Å². The Balaban J connectivity index is 2.09. The van der Waals surface area contributed by atoms with Crippen molar-refractivity contribution >= 4 is 33.6 Å². The lowest BCUT2D eigenvalue weighted by Gasteiger charge is -2.12. The molecule has 0 radical (unpaired) electrons. The van der Waals surface area contributed by atoms with E-state index in [0.717, 1.165) is 5.56 Å². The second-order valence-electron chi connectivity index (χ2n) is 6.57. The molecule has 0 bridgehead atoms. The van der Waals surface area contributed by atoms with E-state index in [1.807, 2.05) is 18.3 Å². The Morgan fingerprint density at radius 3 is 2.52 bits per heavy atom. The Kier molecular flexibility index (Phi) is 7.92. The molecular weight excluding hydrogens is 422 g/mol. The fourth-order valence-corrected chi connectivity index (χ4v) is 3.57. The lowest BCUT2D eigenvalue weighted by atomic mass is 10.1. The SMILES string of the molecule is C=CCNC(=O)NC(=O)COC(=O)c1cc(S(=O)(=O)Nc2cccc(C)c2)ccc1C. The second kappa shape index (κ2) is 10.4. The maximum atomic E-state index is 12.7. The molecule has 31 heavy (non-hydrogen) atoms. The topological polar surface area (TPSA) is 131 Å². The van der Waals surface area contributed by atoms with E-state index >= 15 is 0 Å². The highest BCUT2D eigenvalue weighted by Gasteiger charge is 2.20. The van der Waals surface area contributed by atoms with Gasteiger partial charge < -0.3 is 10.1 Å². The van der Waals surface area contributed by atoms with Crippen LogP contribution >= 0.6 is 0 Å². The molecule has 9 nitrogen and oxygen atoms in total. The van der Waals surface area contributed by atoms with Gasteiger partial charge in [0.25, 0.3) is 15.9 Å². The molecule has 10 heteroatoms. The van der Waals surface area contributed by atoms with Crippen molar-refractivity contribution in [2.45, 2.75) is 18.7 Å². The first-order valence-corrected chi connectivity index (χ1v) is 10.7. The first-order valence-electron chi connectivity index (χ1n) is 9.18. The highest BCUT2D eigenvalue weighted by atomic mass is 32.2. The van der Waals surface area contributed by atoms with Crippen molar-refractivity contribution in [1.29, 1.82) is 0 Å². The molecule has 0 aliphatic rings. The van der Waals surface area contributed by atoms with E-state index in [9.17, 15) is 22.8 Å². The predicted molar refractivity (Wildman–Crippen MR) is 115 cm³/mol. The van der Waals surface area contributed by atoms with Gasteiger partial charge in [-0.1, -0.05) is 24.3 Å². The molecular formula is C21H23N3O6S. The summed E-state index contributed by atoms with van der Waals surface area (Å²) >= 11 is 0. The first kappa shape index (κ1) is 23.6. The largest absolute Gasteiger partial charge is 0.452 e. The van der Waals surface area contributed by atoms with Crippen LogP contribution in [0.3, 0.4) is 0 Å². The smallest absolute Gasteiger partial charge is 0.338 e. The summed E-state index contributed by atoms with van der Waals surface area (Å²) in [7, 11) is -3.96. The zero-order valence-corrected chi connectivity index (χ0v) is 17.9. The van der Waals surface area contributed by atoms with Crippen LogP contribution < -0.4 is 15.4 Å². The van der Waals surface area contributed by atoms with E-state index in [1.165, 1.54) is 24.3 Å². The average Bonchev–Trinajstić information content (AvgIpc) is 2.70. The van der Waals surface area contributed by atoms with Gasteiger partial charge in [-0.2, -0.15) is 0 Å². The number of anilines is 1. The maximum Gasteiger partial charge on any atom is 0.338 e. The van der Waals surface area contributed by atoms with E-state index in [4.69, 9.17) is 4.74 Å². The molecule has 0 aliphatic heterocycles. The number of esters is 1. The van der Waals surface area contributed by atoms with Gasteiger partial charge in [-0.05, 0) is 49.2 Å². The number of urea groups is 1. The number of nitrogens with one attached hydrogen (secondary N) is 3. The average molecular weight is 445 g/mol. The number of imide groups is 1. The van der Waals surface area contributed by atoms with Gasteiger partial charge in [0.15, 0.2) is 6.61 Å². The molecule has 164 valence electrons. The van der Waals surface area contributed by atoms with Gasteiger partial charge in [0.2, 0.25) is 0 Å². The first-order chi connectivity index (χ1) is 14.6. The van der Waals surface area contributed by atoms with Crippen molar-refractivity contribution in [3.05, 3.63) is 71.8 Å². The summed E-state index contributed by atoms with van der Waals surface area (Å²) in [5.41, 5.74) is 1.71. The number of sulfonamides is 1. The van der Waals surface area contributed by atoms with Gasteiger partial charge in [0.1, 0.15) is 0 Å². The third-order valence-corrected chi connectivity index (χ3v) is 5.38. The minimum Gasteiger partial charge on any atom is -0.452 e. The van der Waals surface area contributed by atoms with Crippen molar-refractivity contribution in [3.8, 4) is 0 Å². The minimum atomic E-state index is -3.96. The van der Waals surface area contributed by atoms with Crippen LogP contribution in [0, 0.1) is 13.8 Å². The zero-order valence-electron chi connectivity index (χ0n) is 17.1. The summed E-state index contributed by atoms with van der Waals surface area (Å²) in [5.74, 6) is -1.73. The van der Waals surface area contributed by atoms with Gasteiger partial charge in [-0.3, -0.25) is 14.8 Å². The zero-order chi connectivity index (χ0) is 23.0. The number of rotatable bonds is 8. The molecule has 0 unspecified atom stereocenters. The van der Waals surface area contributed by atoms with Crippen LogP contribution in [0.25, 0.3) is 0 Å². The van der Waals surface area contributed by atoms with Gasteiger partial charge in [0, 0.05) is 12.2 Å². The van der Waals surface area contributed by atoms with E-state index in [2.05, 4.69) is 16.6 Å². The molecule has 2 rings (SSSR count). The molecule has 0 saturated carbocycles. The van der Waals surface area contributed by atoms with Crippen molar-refractivity contribution in [3.63, 3.8) is 0 Å². The van der Waals surface area contributed by atoms with E-state index in [-0.39, 0.29) is 17.0 Å². The molecule has 0 spiro atoms. The Hall–Kier alpha value is -3.66. The Bertz CT molecular complexity index is 1110. The highest BCUT2D eigenvalue weighted by Crippen LogP contribution is 2.20. The molecule has 0 aliphatic carbocycles. The van der Waals surface area contributed by atoms with Crippen molar-refractivity contribution in [1.82, 2.24) is 10.6 Å². The molecule has 2 aromatic carbocycles. The van der Waals surface area contributed by atoms with Crippen LogP contribution in [0.5, 0.6) is 0 Å². The lowest BCUT2D eigenvalue weighted by Crippen LogP contribution is -2.41. The second-order valence-corrected chi connectivity index (χ2v) is 8.26. The summed E-state index contributed by atoms with van der Waals surface area (Å²) in [5, 5.41) is 4.32. The van der Waals surface area contributed by atoms with Crippen molar-refractivity contribution < 1.29 is 27.5 Å². The number of carbonyl (C=O) groups is 3. The van der Waals surface area contributed by atoms with Crippen LogP contribution in [-0.2, 0) is 19.6 Å². The third kappa shape index (κ3) is 6.96. The number of hydrogen-bond acceptors (Lipinski definition) is 6. The van der Waals surface area contributed by atoms with Gasteiger partial charge in [0.05, 0.1) is 10.5 Å². The molecule has 2 aromatic rings. The Labute approximate surface area is 180 Å². The fourth-order valence-electron chi connectivity index (χ4n) is 2.49. The number of ether oxygens (including phenoxy) is 1. The van der Waals surface area contributed by atoms with E-state index in [1.54, 1.807) is 25.1 Å². The Morgan fingerprint density at radius 2 is 1.84 bits per heavy atom. The summed E-state index contributed by atoms with van der Waals surface area (Å²) in [6.07, 6.45) is 1.43. The van der Waals surface area contributed by atoms with Crippen LogP contribution in [-0.4, -0.2) is 39.5 Å². The lowest BCUT2D eigenvalue weighted by molar-refractivity contribution is -0.123. The maximum absolute atomic E-state index is 12.7. The summed E-state index contributed by atoms with van der Waals surface area (Å²) in [6.45, 7) is 6.30. The van der Waals surface area contributed by atoms with Crippen LogP contribution in [0.15, 0.2) is 60.0 Å². The van der Waals surface area contributed by atoms with Crippen molar-refractivity contribution in [2.24, 2.45) is 0 Å². The third-order valence-electron chi connectivity index (χ3n) is 4.00. The van der Waals surface area contributed by atoms with Gasteiger partial charge in [-0.15, -0.1) is 6.58 Å². The molecule has 0 atom stereocenters. The standard InChI is InChI=1S/C21H23N3O6S/c1-4-10-22-21(27)23-19(25)13-30-20(26)18-12-17(9-8-15(18)3)31(28,29)24-16-7-5-6-14(2)11-16/h4-9,11-12,24H,1,10,13H2,2-3H3,(H2,22,23,25,27). The normalized spacial score (nSPS) is 10.6. The molecule has 3 amide bonds. The Morgan fingerprint density at radius 1 is 1.10 bits per heavy atom. The molecule has 0 saturated heterocycles. The van der Waals surface area contributed by atoms with E-state index < -0.39 is 34.5 Å². The predicted octanol–water partition coefficient (Wildman–Crippen LogP) is 2.27. The van der Waals surface area contributed by atoms with E-state index in [0.29, 0.717) is 11.3 Å². The number of aryl methyl sites for hydroxylation is 2. The van der Waals surface area contributed by atoms with Gasteiger partial charge >= 0.3 is 12.0 Å². The van der Waals surface area contributed by atoms with Gasteiger partial charge in [-0.25, -0.2) is 18.0 Å². The molecule has 0 heterocycles. The summed E-state index contributed by atoms with van der Waals surface area (Å²) < 4.78 is 32.8. The fraction of sp³-hybridized carbons (Fsp3) is 0.190. The summed E-state index contributed by atoms with van der Waals surface area (Å²) in [6, 6.07) is 10.1. The molecule has 3 N–H and O–H groups in total. The number of carbonyl (C=O) groups excluding carboxylic acids is 3. The quantitative estimate of drug-likeness (QED) is 0.422. The van der Waals surface area contributed by atoms with Crippen molar-refractivity contribution in [2.75, 3.05) is 17.9 Å². The number of hydrogen-bond donors (Lipinski definition) is 3. The summed E-state index contributed by atoms with van der Waals surface area (Å²) in [4.78, 5) is 35.4. The highest BCUT2D eigenvalue weighted by molar-refractivity contribution is 7.92. The number of benzene rings is 2. The number of amides is 3. The minimum absolute atomic E-state index is 0.0176. The molecule has 0 fully saturated rings. The van der Waals surface area contributed by atoms with Crippen LogP contribution in [0.4, 0.5) is 10.5 Å².